The lowest BCUT2D eigenvalue weighted by molar-refractivity contribution is -0.194. The van der Waals surface area contributed by atoms with Crippen molar-refractivity contribution in [1.82, 2.24) is 5.32 Å². The predicted octanol–water partition coefficient (Wildman–Crippen LogP) is 3.52. The van der Waals surface area contributed by atoms with Gasteiger partial charge in [-0.1, -0.05) is 12.1 Å². The summed E-state index contributed by atoms with van der Waals surface area (Å²) in [6.07, 6.45) is -4.62. The van der Waals surface area contributed by atoms with Crippen LogP contribution >= 0.6 is 0 Å². The molecule has 0 aromatic heterocycles. The van der Waals surface area contributed by atoms with Gasteiger partial charge in [-0.15, -0.1) is 0 Å². The highest BCUT2D eigenvalue weighted by atomic mass is 19.4. The highest BCUT2D eigenvalue weighted by molar-refractivity contribution is 5.43. The van der Waals surface area contributed by atoms with Crippen molar-refractivity contribution in [3.05, 3.63) is 65.0 Å². The summed E-state index contributed by atoms with van der Waals surface area (Å²) in [7, 11) is 1.32. The van der Waals surface area contributed by atoms with Crippen LogP contribution in [0.1, 0.15) is 29.2 Å². The molecule has 162 valence electrons. The summed E-state index contributed by atoms with van der Waals surface area (Å²) in [6, 6.07) is 8.61. The fourth-order valence-corrected chi connectivity index (χ4v) is 4.08. The van der Waals surface area contributed by atoms with Crippen molar-refractivity contribution < 1.29 is 36.9 Å². The highest BCUT2D eigenvalue weighted by Gasteiger charge is 2.52. The van der Waals surface area contributed by atoms with E-state index >= 15 is 0 Å². The fourth-order valence-electron chi connectivity index (χ4n) is 4.08. The smallest absolute Gasteiger partial charge is 0.416 e. The molecule has 2 aliphatic rings. The van der Waals surface area contributed by atoms with Crippen molar-refractivity contribution in [2.45, 2.75) is 30.0 Å². The molecule has 2 aromatic carbocycles. The molecule has 2 aromatic rings. The van der Waals surface area contributed by atoms with Gasteiger partial charge in [-0.2, -0.15) is 13.2 Å². The number of hydrogen-bond donors (Lipinski definition) is 2. The molecular formula is C21H21F4NO4. The number of methoxy groups -OCH3 is 1. The van der Waals surface area contributed by atoms with Gasteiger partial charge in [0, 0.05) is 12.0 Å². The third-order valence-corrected chi connectivity index (χ3v) is 5.52. The predicted molar refractivity (Wildman–Crippen MR) is 98.3 cm³/mol. The van der Waals surface area contributed by atoms with Crippen LogP contribution in [0, 0.1) is 5.82 Å². The number of nitrogens with one attached hydrogen (secondary N) is 1. The molecule has 2 fully saturated rings. The lowest BCUT2D eigenvalue weighted by Crippen LogP contribution is -2.57. The molecule has 0 radical (unpaired) electrons. The Kier molecular flexibility index (Phi) is 5.26. The Balaban J connectivity index is 1.63. The maximum absolute atomic E-state index is 13.2. The van der Waals surface area contributed by atoms with Crippen molar-refractivity contribution in [2.24, 2.45) is 0 Å². The molecule has 9 heteroatoms. The number of alkyl halides is 3. The van der Waals surface area contributed by atoms with Gasteiger partial charge in [0.05, 0.1) is 38.5 Å². The first-order valence-corrected chi connectivity index (χ1v) is 9.37. The lowest BCUT2D eigenvalue weighted by Gasteiger charge is -2.43. The van der Waals surface area contributed by atoms with Crippen LogP contribution in [0.25, 0.3) is 0 Å². The Hall–Kier alpha value is -2.20. The Labute approximate surface area is 170 Å². The average molecular weight is 427 g/mol. The molecule has 0 bridgehead atoms. The van der Waals surface area contributed by atoms with E-state index in [0.717, 1.165) is 17.7 Å². The van der Waals surface area contributed by atoms with E-state index in [2.05, 4.69) is 5.32 Å². The number of benzene rings is 2. The molecular weight excluding hydrogens is 406 g/mol. The van der Waals surface area contributed by atoms with E-state index in [4.69, 9.17) is 14.2 Å². The van der Waals surface area contributed by atoms with Gasteiger partial charge in [-0.25, -0.2) is 4.39 Å². The van der Waals surface area contributed by atoms with E-state index in [1.165, 1.54) is 25.3 Å². The monoisotopic (exact) mass is 427 g/mol. The SMILES string of the molecule is COc1ccc(C(F)(F)F)cc1[C@@]1(O)COCC2(C1)N[C@@H](c1ccc(F)cc1)CO2. The number of aliphatic hydroxyl groups is 1. The lowest BCUT2D eigenvalue weighted by atomic mass is 9.83. The average Bonchev–Trinajstić information content (AvgIpc) is 3.10. The number of rotatable bonds is 3. The van der Waals surface area contributed by atoms with Gasteiger partial charge in [-0.05, 0) is 35.9 Å². The standard InChI is InChI=1S/C21H21F4NO4/c1-28-18-7-4-14(21(23,24)25)8-16(18)19(27)10-20(12-29-11-19)26-17(9-30-20)13-2-5-15(22)6-3-13/h2-8,17,26-27H,9-12H2,1H3/t17-,19+,20?/m1/s1. The summed E-state index contributed by atoms with van der Waals surface area (Å²) in [5.41, 5.74) is -3.00. The topological polar surface area (TPSA) is 60.0 Å². The summed E-state index contributed by atoms with van der Waals surface area (Å²) in [5, 5.41) is 14.6. The zero-order valence-electron chi connectivity index (χ0n) is 16.1. The summed E-state index contributed by atoms with van der Waals surface area (Å²) < 4.78 is 69.6. The molecule has 1 unspecified atom stereocenters. The normalized spacial score (nSPS) is 29.3. The fraction of sp³-hybridized carbons (Fsp3) is 0.429. The van der Waals surface area contributed by atoms with E-state index in [9.17, 15) is 22.7 Å². The molecule has 0 amide bonds. The third kappa shape index (κ3) is 3.90. The van der Waals surface area contributed by atoms with Gasteiger partial charge < -0.3 is 19.3 Å². The zero-order chi connectivity index (χ0) is 21.6. The molecule has 2 N–H and O–H groups in total. The maximum atomic E-state index is 13.2. The molecule has 2 saturated heterocycles. The molecule has 1 spiro atoms. The van der Waals surface area contributed by atoms with E-state index in [0.29, 0.717) is 0 Å². The Morgan fingerprint density at radius 3 is 2.53 bits per heavy atom. The zero-order valence-corrected chi connectivity index (χ0v) is 16.1. The molecule has 30 heavy (non-hydrogen) atoms. The van der Waals surface area contributed by atoms with Crippen LogP contribution in [0.4, 0.5) is 17.6 Å². The Morgan fingerprint density at radius 1 is 1.13 bits per heavy atom. The van der Waals surface area contributed by atoms with Gasteiger partial charge in [0.1, 0.15) is 22.9 Å². The van der Waals surface area contributed by atoms with E-state index < -0.39 is 23.1 Å². The van der Waals surface area contributed by atoms with Gasteiger partial charge in [0.25, 0.3) is 0 Å². The molecule has 2 aliphatic heterocycles. The van der Waals surface area contributed by atoms with Crippen molar-refractivity contribution in [3.8, 4) is 5.75 Å². The van der Waals surface area contributed by atoms with Crippen LogP contribution in [-0.4, -0.2) is 37.8 Å². The van der Waals surface area contributed by atoms with Gasteiger partial charge in [-0.3, -0.25) is 5.32 Å². The first-order valence-electron chi connectivity index (χ1n) is 9.37. The van der Waals surface area contributed by atoms with Crippen LogP contribution in [0.3, 0.4) is 0 Å². The highest BCUT2D eigenvalue weighted by Crippen LogP contribution is 2.44. The van der Waals surface area contributed by atoms with Gasteiger partial charge in [0.15, 0.2) is 0 Å². The van der Waals surface area contributed by atoms with Crippen LogP contribution in [0.2, 0.25) is 0 Å². The summed E-state index contributed by atoms with van der Waals surface area (Å²) >= 11 is 0. The van der Waals surface area contributed by atoms with E-state index in [1.807, 2.05) is 0 Å². The minimum absolute atomic E-state index is 0.0190. The molecule has 0 aliphatic carbocycles. The molecule has 5 nitrogen and oxygen atoms in total. The molecule has 4 rings (SSSR count). The van der Waals surface area contributed by atoms with Crippen LogP contribution in [0.15, 0.2) is 42.5 Å². The van der Waals surface area contributed by atoms with Crippen molar-refractivity contribution in [3.63, 3.8) is 0 Å². The van der Waals surface area contributed by atoms with Crippen molar-refractivity contribution >= 4 is 0 Å². The van der Waals surface area contributed by atoms with Crippen LogP contribution in [0.5, 0.6) is 5.75 Å². The molecule has 0 saturated carbocycles. The third-order valence-electron chi connectivity index (χ3n) is 5.52. The summed E-state index contributed by atoms with van der Waals surface area (Å²) in [5.74, 6) is -0.237. The van der Waals surface area contributed by atoms with Gasteiger partial charge >= 0.3 is 6.18 Å². The second-order valence-corrected chi connectivity index (χ2v) is 7.67. The molecule has 3 atom stereocenters. The second-order valence-electron chi connectivity index (χ2n) is 7.67. The van der Waals surface area contributed by atoms with Gasteiger partial charge in [0.2, 0.25) is 0 Å². The Morgan fingerprint density at radius 2 is 1.87 bits per heavy atom. The first kappa shape index (κ1) is 21.0. The minimum atomic E-state index is -4.57. The van der Waals surface area contributed by atoms with E-state index in [1.54, 1.807) is 12.1 Å². The largest absolute Gasteiger partial charge is 0.496 e. The van der Waals surface area contributed by atoms with Crippen LogP contribution < -0.4 is 10.1 Å². The quantitative estimate of drug-likeness (QED) is 0.735. The van der Waals surface area contributed by atoms with Crippen molar-refractivity contribution in [1.29, 1.82) is 0 Å². The number of halogens is 4. The minimum Gasteiger partial charge on any atom is -0.496 e. The second kappa shape index (κ2) is 7.49. The summed E-state index contributed by atoms with van der Waals surface area (Å²) in [4.78, 5) is 0. The van der Waals surface area contributed by atoms with Crippen LogP contribution in [-0.2, 0) is 21.3 Å². The number of ether oxygens (including phenoxy) is 3. The van der Waals surface area contributed by atoms with Crippen molar-refractivity contribution in [2.75, 3.05) is 26.9 Å². The Bertz CT molecular complexity index is 920. The molecule has 2 heterocycles. The first-order chi connectivity index (χ1) is 14.1. The van der Waals surface area contributed by atoms with E-state index in [-0.39, 0.29) is 49.4 Å². The maximum Gasteiger partial charge on any atom is 0.416 e. The number of hydrogen-bond acceptors (Lipinski definition) is 5. The summed E-state index contributed by atoms with van der Waals surface area (Å²) in [6.45, 7) is 0.137.